The molecule has 4 nitrogen and oxygen atoms in total. The van der Waals surface area contributed by atoms with Crippen molar-refractivity contribution in [3.8, 4) is 0 Å². The molecule has 5 heteroatoms. The van der Waals surface area contributed by atoms with Crippen molar-refractivity contribution in [2.24, 2.45) is 5.41 Å². The summed E-state index contributed by atoms with van der Waals surface area (Å²) in [5.41, 5.74) is 5.58. The molecule has 1 aromatic heterocycles. The molecule has 5 rings (SSSR count). The lowest BCUT2D eigenvalue weighted by Gasteiger charge is -2.34. The predicted octanol–water partition coefficient (Wildman–Crippen LogP) is 5.71. The van der Waals surface area contributed by atoms with Crippen molar-refractivity contribution in [1.82, 2.24) is 9.97 Å². The van der Waals surface area contributed by atoms with Crippen LogP contribution >= 0.6 is 11.6 Å². The summed E-state index contributed by atoms with van der Waals surface area (Å²) in [5, 5.41) is 3.55. The maximum atomic E-state index is 12.5. The third-order valence-electron chi connectivity index (χ3n) is 7.13. The van der Waals surface area contributed by atoms with Gasteiger partial charge in [-0.15, -0.1) is 0 Å². The second-order valence-corrected chi connectivity index (χ2v) is 9.20. The van der Waals surface area contributed by atoms with Crippen LogP contribution in [-0.4, -0.2) is 15.9 Å². The maximum absolute atomic E-state index is 12.5. The molecular formula is C23H22ClN3O. The van der Waals surface area contributed by atoms with Crippen molar-refractivity contribution in [2.75, 3.05) is 5.32 Å². The lowest BCUT2D eigenvalue weighted by Crippen LogP contribution is -2.31. The Bertz CT molecular complexity index is 1120. The van der Waals surface area contributed by atoms with Gasteiger partial charge in [-0.05, 0) is 60.7 Å². The van der Waals surface area contributed by atoms with Crippen molar-refractivity contribution in [2.45, 2.75) is 44.9 Å². The Kier molecular flexibility index (Phi) is 3.63. The van der Waals surface area contributed by atoms with Crippen LogP contribution in [0.2, 0.25) is 5.02 Å². The van der Waals surface area contributed by atoms with E-state index in [4.69, 9.17) is 21.6 Å². The molecule has 0 spiro atoms. The third kappa shape index (κ3) is 2.34. The molecule has 2 aromatic carbocycles. The maximum Gasteiger partial charge on any atom is 0.255 e. The number of fused-ring (bicyclic) bond motifs is 6. The van der Waals surface area contributed by atoms with E-state index >= 15 is 0 Å². The zero-order valence-corrected chi connectivity index (χ0v) is 17.0. The normalized spacial score (nSPS) is 24.4. The van der Waals surface area contributed by atoms with Gasteiger partial charge in [-0.3, -0.25) is 4.79 Å². The number of hydrogen-bond acceptors (Lipinski definition) is 3. The Labute approximate surface area is 169 Å². The summed E-state index contributed by atoms with van der Waals surface area (Å²) in [4.78, 5) is 22.5. The number of rotatable bonds is 2. The van der Waals surface area contributed by atoms with E-state index in [1.807, 2.05) is 18.2 Å². The number of amides is 1. The van der Waals surface area contributed by atoms with Crippen LogP contribution in [0.4, 0.5) is 5.69 Å². The SMILES string of the molecule is CC12CCC(c3nc4cc(NC(=O)c5ccc(Cl)cc5)ccc4nc31)C2(C)C. The Balaban J connectivity index is 1.51. The summed E-state index contributed by atoms with van der Waals surface area (Å²) in [7, 11) is 0. The number of anilines is 1. The Morgan fingerprint density at radius 1 is 1.07 bits per heavy atom. The molecule has 2 aliphatic rings. The molecule has 0 saturated heterocycles. The minimum atomic E-state index is -0.169. The van der Waals surface area contributed by atoms with Gasteiger partial charge in [-0.25, -0.2) is 9.97 Å². The number of carbonyl (C=O) groups is 1. The Morgan fingerprint density at radius 3 is 2.57 bits per heavy atom. The Morgan fingerprint density at radius 2 is 1.82 bits per heavy atom. The van der Waals surface area contributed by atoms with E-state index in [2.05, 4.69) is 26.1 Å². The van der Waals surface area contributed by atoms with Gasteiger partial charge in [0, 0.05) is 27.6 Å². The molecule has 2 aliphatic carbocycles. The number of nitrogens with one attached hydrogen (secondary N) is 1. The summed E-state index contributed by atoms with van der Waals surface area (Å²) >= 11 is 5.90. The zero-order chi connectivity index (χ0) is 19.7. The minimum absolute atomic E-state index is 0.0929. The molecule has 1 amide bonds. The highest BCUT2D eigenvalue weighted by atomic mass is 35.5. The summed E-state index contributed by atoms with van der Waals surface area (Å²) in [5.74, 6) is 0.287. The van der Waals surface area contributed by atoms with Gasteiger partial charge >= 0.3 is 0 Å². The lowest BCUT2D eigenvalue weighted by molar-refractivity contribution is 0.102. The van der Waals surface area contributed by atoms with E-state index in [1.54, 1.807) is 24.3 Å². The zero-order valence-electron chi connectivity index (χ0n) is 16.2. The molecule has 2 bridgehead atoms. The minimum Gasteiger partial charge on any atom is -0.322 e. The van der Waals surface area contributed by atoms with Gasteiger partial charge in [-0.1, -0.05) is 32.4 Å². The molecular weight excluding hydrogens is 370 g/mol. The van der Waals surface area contributed by atoms with Gasteiger partial charge in [-0.2, -0.15) is 0 Å². The van der Waals surface area contributed by atoms with Crippen LogP contribution in [0.5, 0.6) is 0 Å². The number of nitrogens with zero attached hydrogens (tertiary/aromatic N) is 2. The number of hydrogen-bond donors (Lipinski definition) is 1. The molecule has 0 radical (unpaired) electrons. The van der Waals surface area contributed by atoms with Crippen LogP contribution in [0.1, 0.15) is 61.3 Å². The molecule has 1 saturated carbocycles. The first-order chi connectivity index (χ1) is 13.3. The molecule has 2 atom stereocenters. The van der Waals surface area contributed by atoms with Crippen LogP contribution in [0.3, 0.4) is 0 Å². The molecule has 142 valence electrons. The molecule has 28 heavy (non-hydrogen) atoms. The standard InChI is InChI=1S/C23H22ClN3O/c1-22(2)16-10-11-23(22,3)20-19(16)26-18-12-15(8-9-17(18)27-20)25-21(28)13-4-6-14(24)7-5-13/h4-9,12,16H,10-11H2,1-3H3,(H,25,28). The average Bonchev–Trinajstić information content (AvgIpc) is 2.99. The second kappa shape index (κ2) is 5.77. The third-order valence-corrected chi connectivity index (χ3v) is 7.39. The first-order valence-corrected chi connectivity index (χ1v) is 10.1. The van der Waals surface area contributed by atoms with Crippen molar-refractivity contribution < 1.29 is 4.79 Å². The first kappa shape index (κ1) is 17.6. The van der Waals surface area contributed by atoms with Crippen molar-refractivity contribution >= 4 is 34.2 Å². The van der Waals surface area contributed by atoms with Crippen molar-refractivity contribution in [3.63, 3.8) is 0 Å². The van der Waals surface area contributed by atoms with Gasteiger partial charge in [0.15, 0.2) is 0 Å². The molecule has 3 aromatic rings. The smallest absolute Gasteiger partial charge is 0.255 e. The van der Waals surface area contributed by atoms with E-state index in [-0.39, 0.29) is 16.7 Å². The van der Waals surface area contributed by atoms with Gasteiger partial charge in [0.2, 0.25) is 0 Å². The number of carbonyl (C=O) groups excluding carboxylic acids is 1. The largest absolute Gasteiger partial charge is 0.322 e. The van der Waals surface area contributed by atoms with Gasteiger partial charge in [0.1, 0.15) is 0 Å². The molecule has 1 N–H and O–H groups in total. The van der Waals surface area contributed by atoms with Gasteiger partial charge in [0.25, 0.3) is 5.91 Å². The molecule has 1 heterocycles. The van der Waals surface area contributed by atoms with Crippen molar-refractivity contribution in [3.05, 3.63) is 64.4 Å². The van der Waals surface area contributed by atoms with E-state index < -0.39 is 0 Å². The van der Waals surface area contributed by atoms with E-state index in [0.717, 1.165) is 22.4 Å². The summed E-state index contributed by atoms with van der Waals surface area (Å²) in [6.07, 6.45) is 2.34. The molecule has 1 fully saturated rings. The van der Waals surface area contributed by atoms with Crippen LogP contribution in [0, 0.1) is 5.41 Å². The first-order valence-electron chi connectivity index (χ1n) is 9.69. The van der Waals surface area contributed by atoms with E-state index in [1.165, 1.54) is 18.5 Å². The van der Waals surface area contributed by atoms with Gasteiger partial charge in [0.05, 0.1) is 22.4 Å². The van der Waals surface area contributed by atoms with E-state index in [0.29, 0.717) is 16.5 Å². The number of halogens is 1. The lowest BCUT2D eigenvalue weighted by atomic mass is 9.70. The Hall–Kier alpha value is -2.46. The number of aromatic nitrogens is 2. The monoisotopic (exact) mass is 391 g/mol. The highest BCUT2D eigenvalue weighted by Crippen LogP contribution is 2.66. The highest BCUT2D eigenvalue weighted by Gasteiger charge is 2.61. The summed E-state index contributed by atoms with van der Waals surface area (Å²) in [6, 6.07) is 12.6. The average molecular weight is 392 g/mol. The highest BCUT2D eigenvalue weighted by molar-refractivity contribution is 6.30. The van der Waals surface area contributed by atoms with Gasteiger partial charge < -0.3 is 5.32 Å². The summed E-state index contributed by atoms with van der Waals surface area (Å²) in [6.45, 7) is 7.02. The van der Waals surface area contributed by atoms with Crippen LogP contribution in [-0.2, 0) is 5.41 Å². The second-order valence-electron chi connectivity index (χ2n) is 8.77. The topological polar surface area (TPSA) is 54.9 Å². The quantitative estimate of drug-likeness (QED) is 0.608. The fourth-order valence-electron chi connectivity index (χ4n) is 5.00. The fraction of sp³-hybridized carbons (Fsp3) is 0.348. The van der Waals surface area contributed by atoms with Crippen molar-refractivity contribution in [1.29, 1.82) is 0 Å². The molecule has 2 unspecified atom stereocenters. The van der Waals surface area contributed by atoms with Crippen LogP contribution in [0.25, 0.3) is 11.0 Å². The number of benzene rings is 2. The van der Waals surface area contributed by atoms with Crippen LogP contribution < -0.4 is 5.32 Å². The fourth-order valence-corrected chi connectivity index (χ4v) is 5.13. The predicted molar refractivity (Wildman–Crippen MR) is 112 cm³/mol. The molecule has 0 aliphatic heterocycles. The van der Waals surface area contributed by atoms with Crippen LogP contribution in [0.15, 0.2) is 42.5 Å². The summed E-state index contributed by atoms with van der Waals surface area (Å²) < 4.78 is 0. The van der Waals surface area contributed by atoms with E-state index in [9.17, 15) is 4.79 Å².